The molecular formula is C28H54O4. The van der Waals surface area contributed by atoms with Crippen LogP contribution < -0.4 is 0 Å². The summed E-state index contributed by atoms with van der Waals surface area (Å²) in [5, 5.41) is 0. The minimum absolute atomic E-state index is 0.138. The molecule has 4 nitrogen and oxygen atoms in total. The van der Waals surface area contributed by atoms with E-state index in [9.17, 15) is 9.59 Å². The largest absolute Gasteiger partial charge is 0.458 e. The summed E-state index contributed by atoms with van der Waals surface area (Å²) in [4.78, 5) is 24.8. The van der Waals surface area contributed by atoms with Crippen molar-refractivity contribution in [3.63, 3.8) is 0 Å². The third-order valence-electron chi connectivity index (χ3n) is 6.10. The van der Waals surface area contributed by atoms with E-state index in [2.05, 4.69) is 27.7 Å². The molecule has 0 aliphatic heterocycles. The molecule has 32 heavy (non-hydrogen) atoms. The number of esters is 2. The Morgan fingerprint density at radius 2 is 0.781 bits per heavy atom. The summed E-state index contributed by atoms with van der Waals surface area (Å²) in [6.45, 7) is 8.61. The number of ether oxygens (including phenoxy) is 2. The minimum Gasteiger partial charge on any atom is -0.458 e. The molecule has 0 aromatic carbocycles. The van der Waals surface area contributed by atoms with E-state index in [0.717, 1.165) is 51.4 Å². The van der Waals surface area contributed by atoms with Crippen LogP contribution in [0.1, 0.15) is 156 Å². The molecule has 2 unspecified atom stereocenters. The van der Waals surface area contributed by atoms with Gasteiger partial charge in [0.15, 0.2) is 0 Å². The molecule has 0 aliphatic carbocycles. The Morgan fingerprint density at radius 3 is 1.09 bits per heavy atom. The van der Waals surface area contributed by atoms with Gasteiger partial charge in [-0.25, -0.2) is 0 Å². The van der Waals surface area contributed by atoms with E-state index in [0.29, 0.717) is 12.8 Å². The molecule has 0 saturated carbocycles. The summed E-state index contributed by atoms with van der Waals surface area (Å²) in [6, 6.07) is 0. The number of rotatable bonds is 23. The molecule has 0 rings (SSSR count). The zero-order valence-corrected chi connectivity index (χ0v) is 21.9. The van der Waals surface area contributed by atoms with Gasteiger partial charge in [-0.15, -0.1) is 0 Å². The molecule has 0 saturated heterocycles. The molecule has 2 atom stereocenters. The number of hydrogen-bond acceptors (Lipinski definition) is 4. The fourth-order valence-electron chi connectivity index (χ4n) is 4.12. The van der Waals surface area contributed by atoms with Crippen LogP contribution in [0.4, 0.5) is 0 Å². The van der Waals surface area contributed by atoms with Crippen LogP contribution >= 0.6 is 0 Å². The van der Waals surface area contributed by atoms with Gasteiger partial charge in [0.25, 0.3) is 0 Å². The van der Waals surface area contributed by atoms with Crippen molar-refractivity contribution >= 4 is 11.9 Å². The highest BCUT2D eigenvalue weighted by Gasteiger charge is 2.27. The van der Waals surface area contributed by atoms with Crippen molar-refractivity contribution in [2.45, 2.75) is 168 Å². The number of carbonyl (C=O) groups is 2. The maximum Gasteiger partial charge on any atom is 0.306 e. The predicted molar refractivity (Wildman–Crippen MR) is 135 cm³/mol. The lowest BCUT2D eigenvalue weighted by Crippen LogP contribution is -2.35. The van der Waals surface area contributed by atoms with Gasteiger partial charge < -0.3 is 9.47 Å². The van der Waals surface area contributed by atoms with Crippen LogP contribution in [0.15, 0.2) is 0 Å². The SMILES string of the molecule is CCCCCCCCCC(=O)OC(CCC)C(CCC)OC(=O)CCCCCCCCC. The van der Waals surface area contributed by atoms with Crippen LogP contribution in [0.25, 0.3) is 0 Å². The van der Waals surface area contributed by atoms with E-state index < -0.39 is 0 Å². The van der Waals surface area contributed by atoms with Gasteiger partial charge in [-0.05, 0) is 25.7 Å². The molecule has 4 heteroatoms. The molecule has 0 spiro atoms. The first-order valence-corrected chi connectivity index (χ1v) is 14.0. The second-order valence-corrected chi connectivity index (χ2v) is 9.38. The van der Waals surface area contributed by atoms with Crippen molar-refractivity contribution in [3.8, 4) is 0 Å². The predicted octanol–water partition coefficient (Wildman–Crippen LogP) is 8.69. The lowest BCUT2D eigenvalue weighted by Gasteiger charge is -2.27. The van der Waals surface area contributed by atoms with Crippen molar-refractivity contribution in [2.75, 3.05) is 0 Å². The van der Waals surface area contributed by atoms with Crippen molar-refractivity contribution in [2.24, 2.45) is 0 Å². The Kier molecular flexibility index (Phi) is 22.3. The number of carbonyl (C=O) groups excluding carboxylic acids is 2. The summed E-state index contributed by atoms with van der Waals surface area (Å²) in [6.07, 6.45) is 20.2. The van der Waals surface area contributed by atoms with Gasteiger partial charge in [0.2, 0.25) is 0 Å². The van der Waals surface area contributed by atoms with Gasteiger partial charge in [0, 0.05) is 12.8 Å². The van der Waals surface area contributed by atoms with Crippen molar-refractivity contribution < 1.29 is 19.1 Å². The van der Waals surface area contributed by atoms with Gasteiger partial charge in [0.1, 0.15) is 12.2 Å². The third kappa shape index (κ3) is 18.5. The van der Waals surface area contributed by atoms with Gasteiger partial charge in [-0.2, -0.15) is 0 Å². The van der Waals surface area contributed by atoms with Crippen molar-refractivity contribution in [1.82, 2.24) is 0 Å². The Hall–Kier alpha value is -1.06. The smallest absolute Gasteiger partial charge is 0.306 e. The lowest BCUT2D eigenvalue weighted by atomic mass is 10.0. The fourth-order valence-corrected chi connectivity index (χ4v) is 4.12. The Balaban J connectivity index is 4.32. The summed E-state index contributed by atoms with van der Waals surface area (Å²) in [5.74, 6) is -0.275. The summed E-state index contributed by atoms with van der Waals surface area (Å²) >= 11 is 0. The van der Waals surface area contributed by atoms with Crippen molar-refractivity contribution in [3.05, 3.63) is 0 Å². The van der Waals surface area contributed by atoms with Crippen molar-refractivity contribution in [1.29, 1.82) is 0 Å². The highest BCUT2D eigenvalue weighted by molar-refractivity contribution is 5.70. The maximum atomic E-state index is 12.4. The number of hydrogen-bond donors (Lipinski definition) is 0. The third-order valence-corrected chi connectivity index (χ3v) is 6.10. The van der Waals surface area contributed by atoms with E-state index in [1.165, 1.54) is 64.2 Å². The van der Waals surface area contributed by atoms with Crippen LogP contribution in [0.5, 0.6) is 0 Å². The van der Waals surface area contributed by atoms with E-state index in [1.807, 2.05) is 0 Å². The first-order chi connectivity index (χ1) is 15.6. The zero-order chi connectivity index (χ0) is 23.9. The molecule has 0 amide bonds. The Bertz CT molecular complexity index is 395. The normalized spacial score (nSPS) is 13.0. The van der Waals surface area contributed by atoms with Crippen LogP contribution in [-0.2, 0) is 19.1 Å². The lowest BCUT2D eigenvalue weighted by molar-refractivity contribution is -0.169. The molecule has 0 heterocycles. The Morgan fingerprint density at radius 1 is 0.469 bits per heavy atom. The molecule has 0 aromatic heterocycles. The highest BCUT2D eigenvalue weighted by atomic mass is 16.6. The van der Waals surface area contributed by atoms with Crippen LogP contribution in [0, 0.1) is 0 Å². The maximum absolute atomic E-state index is 12.4. The molecule has 0 bridgehead atoms. The Labute approximate surface area is 199 Å². The molecule has 190 valence electrons. The second-order valence-electron chi connectivity index (χ2n) is 9.38. The van der Waals surface area contributed by atoms with E-state index in [1.54, 1.807) is 0 Å². The van der Waals surface area contributed by atoms with Gasteiger partial charge >= 0.3 is 11.9 Å². The second kappa shape index (κ2) is 23.1. The minimum atomic E-state index is -0.310. The van der Waals surface area contributed by atoms with Gasteiger partial charge in [-0.1, -0.05) is 118 Å². The first-order valence-electron chi connectivity index (χ1n) is 14.0. The van der Waals surface area contributed by atoms with Crippen LogP contribution in [0.3, 0.4) is 0 Å². The molecular weight excluding hydrogens is 400 g/mol. The van der Waals surface area contributed by atoms with Gasteiger partial charge in [0.05, 0.1) is 0 Å². The zero-order valence-electron chi connectivity index (χ0n) is 21.9. The monoisotopic (exact) mass is 454 g/mol. The van der Waals surface area contributed by atoms with Crippen LogP contribution in [0.2, 0.25) is 0 Å². The molecule has 0 aliphatic rings. The summed E-state index contributed by atoms with van der Waals surface area (Å²) < 4.78 is 11.6. The molecule has 0 fully saturated rings. The van der Waals surface area contributed by atoms with E-state index >= 15 is 0 Å². The van der Waals surface area contributed by atoms with Gasteiger partial charge in [-0.3, -0.25) is 9.59 Å². The summed E-state index contributed by atoms with van der Waals surface area (Å²) in [7, 11) is 0. The first kappa shape index (κ1) is 30.9. The molecule has 0 N–H and O–H groups in total. The quantitative estimate of drug-likeness (QED) is 0.114. The average molecular weight is 455 g/mol. The van der Waals surface area contributed by atoms with Crippen LogP contribution in [-0.4, -0.2) is 24.1 Å². The van der Waals surface area contributed by atoms with E-state index in [-0.39, 0.29) is 24.1 Å². The standard InChI is InChI=1S/C28H54O4/c1-5-9-11-13-15-17-19-23-27(29)31-25(21-7-3)26(22-8-4)32-28(30)24-20-18-16-14-12-10-6-2/h25-26H,5-24H2,1-4H3. The summed E-state index contributed by atoms with van der Waals surface area (Å²) in [5.41, 5.74) is 0. The number of unbranched alkanes of at least 4 members (excludes halogenated alkanes) is 12. The topological polar surface area (TPSA) is 52.6 Å². The highest BCUT2D eigenvalue weighted by Crippen LogP contribution is 2.19. The van der Waals surface area contributed by atoms with E-state index in [4.69, 9.17) is 9.47 Å². The fraction of sp³-hybridized carbons (Fsp3) is 0.929. The average Bonchev–Trinajstić information content (AvgIpc) is 2.77. The molecule has 0 radical (unpaired) electrons. The molecule has 0 aromatic rings.